The van der Waals surface area contributed by atoms with E-state index in [1.807, 2.05) is 31.2 Å². The minimum Gasteiger partial charge on any atom is -0.495 e. The van der Waals surface area contributed by atoms with Crippen LogP contribution in [0.4, 0.5) is 5.69 Å². The standard InChI is InChI=1S/C24H26N2O4S/c1-17-9-5-6-10-19(17)16-25-24(27)21-15-20(14-13-18(21)2)31(28,29)26(3)22-11-7-8-12-23(22)30-4/h5-15H,16H2,1-4H3,(H,25,27). The Morgan fingerprint density at radius 3 is 2.35 bits per heavy atom. The van der Waals surface area contributed by atoms with Crippen molar-refractivity contribution < 1.29 is 17.9 Å². The summed E-state index contributed by atoms with van der Waals surface area (Å²) in [6.07, 6.45) is 0. The zero-order valence-electron chi connectivity index (χ0n) is 18.0. The van der Waals surface area contributed by atoms with Crippen LogP contribution in [0.25, 0.3) is 0 Å². The van der Waals surface area contributed by atoms with Gasteiger partial charge in [-0.1, -0.05) is 42.5 Å². The predicted octanol–water partition coefficient (Wildman–Crippen LogP) is 4.07. The van der Waals surface area contributed by atoms with Crippen molar-refractivity contribution in [1.82, 2.24) is 5.32 Å². The molecule has 0 aliphatic heterocycles. The van der Waals surface area contributed by atoms with Crippen LogP contribution in [-0.4, -0.2) is 28.5 Å². The second kappa shape index (κ2) is 9.22. The Balaban J connectivity index is 1.89. The molecular weight excluding hydrogens is 412 g/mol. The van der Waals surface area contributed by atoms with E-state index in [1.165, 1.54) is 26.3 Å². The van der Waals surface area contributed by atoms with Crippen LogP contribution < -0.4 is 14.4 Å². The van der Waals surface area contributed by atoms with E-state index in [0.717, 1.165) is 15.4 Å². The van der Waals surface area contributed by atoms with Crippen LogP contribution in [0.3, 0.4) is 0 Å². The molecular formula is C24H26N2O4S. The molecule has 0 saturated carbocycles. The van der Waals surface area contributed by atoms with Crippen molar-refractivity contribution in [2.45, 2.75) is 25.3 Å². The minimum absolute atomic E-state index is 0.0348. The Bertz CT molecular complexity index is 1210. The fraction of sp³-hybridized carbons (Fsp3) is 0.208. The zero-order chi connectivity index (χ0) is 22.6. The number of ether oxygens (including phenoxy) is 1. The van der Waals surface area contributed by atoms with Crippen LogP contribution in [0.2, 0.25) is 0 Å². The number of nitrogens with zero attached hydrogens (tertiary/aromatic N) is 1. The van der Waals surface area contributed by atoms with Crippen molar-refractivity contribution >= 4 is 21.6 Å². The molecule has 0 unspecified atom stereocenters. The molecule has 0 aliphatic rings. The van der Waals surface area contributed by atoms with Gasteiger partial charge in [0.25, 0.3) is 15.9 Å². The summed E-state index contributed by atoms with van der Waals surface area (Å²) in [5, 5.41) is 2.89. The average Bonchev–Trinajstić information content (AvgIpc) is 2.77. The first kappa shape index (κ1) is 22.4. The molecule has 0 atom stereocenters. The maximum atomic E-state index is 13.2. The number of rotatable bonds is 7. The molecule has 162 valence electrons. The topological polar surface area (TPSA) is 75.7 Å². The van der Waals surface area contributed by atoms with E-state index in [2.05, 4.69) is 5.32 Å². The molecule has 31 heavy (non-hydrogen) atoms. The maximum absolute atomic E-state index is 13.2. The SMILES string of the molecule is COc1ccccc1N(C)S(=O)(=O)c1ccc(C)c(C(=O)NCc2ccccc2C)c1. The first-order valence-corrected chi connectivity index (χ1v) is 11.2. The lowest BCUT2D eigenvalue weighted by atomic mass is 10.1. The third-order valence-corrected chi connectivity index (χ3v) is 7.00. The fourth-order valence-electron chi connectivity index (χ4n) is 3.26. The Morgan fingerprint density at radius 1 is 0.968 bits per heavy atom. The maximum Gasteiger partial charge on any atom is 0.264 e. The highest BCUT2D eigenvalue weighted by molar-refractivity contribution is 7.92. The second-order valence-electron chi connectivity index (χ2n) is 7.23. The normalized spacial score (nSPS) is 11.1. The first-order chi connectivity index (χ1) is 14.8. The van der Waals surface area contributed by atoms with E-state index >= 15 is 0 Å². The average molecular weight is 439 g/mol. The van der Waals surface area contributed by atoms with Crippen LogP contribution in [0.15, 0.2) is 71.6 Å². The number of aryl methyl sites for hydroxylation is 2. The molecule has 0 radical (unpaired) electrons. The van der Waals surface area contributed by atoms with Gasteiger partial charge in [0.05, 0.1) is 17.7 Å². The zero-order valence-corrected chi connectivity index (χ0v) is 18.9. The summed E-state index contributed by atoms with van der Waals surface area (Å²) in [6.45, 7) is 4.12. The van der Waals surface area contributed by atoms with Crippen molar-refractivity contribution in [3.63, 3.8) is 0 Å². The molecule has 0 aromatic heterocycles. The van der Waals surface area contributed by atoms with E-state index in [4.69, 9.17) is 4.74 Å². The second-order valence-corrected chi connectivity index (χ2v) is 9.20. The fourth-order valence-corrected chi connectivity index (χ4v) is 4.50. The Hall–Kier alpha value is -3.32. The Labute approximate surface area is 183 Å². The molecule has 6 nitrogen and oxygen atoms in total. The van der Waals surface area contributed by atoms with Gasteiger partial charge in [-0.3, -0.25) is 9.10 Å². The Morgan fingerprint density at radius 2 is 1.65 bits per heavy atom. The van der Waals surface area contributed by atoms with Crippen LogP contribution in [0.5, 0.6) is 5.75 Å². The summed E-state index contributed by atoms with van der Waals surface area (Å²) in [7, 11) is -0.946. The van der Waals surface area contributed by atoms with E-state index in [-0.39, 0.29) is 10.8 Å². The van der Waals surface area contributed by atoms with Gasteiger partial charge in [0.2, 0.25) is 0 Å². The molecule has 0 saturated heterocycles. The number of hydrogen-bond donors (Lipinski definition) is 1. The lowest BCUT2D eigenvalue weighted by Gasteiger charge is -2.22. The summed E-state index contributed by atoms with van der Waals surface area (Å²) in [4.78, 5) is 12.9. The van der Waals surface area contributed by atoms with Crippen LogP contribution in [-0.2, 0) is 16.6 Å². The number of benzene rings is 3. The number of carbonyl (C=O) groups is 1. The summed E-state index contributed by atoms with van der Waals surface area (Å²) in [5.74, 6) is 0.120. The largest absolute Gasteiger partial charge is 0.495 e. The van der Waals surface area contributed by atoms with E-state index in [0.29, 0.717) is 29.1 Å². The van der Waals surface area contributed by atoms with Gasteiger partial charge in [-0.2, -0.15) is 0 Å². The molecule has 1 N–H and O–H groups in total. The lowest BCUT2D eigenvalue weighted by molar-refractivity contribution is 0.0950. The number of amides is 1. The van der Waals surface area contributed by atoms with Crippen molar-refractivity contribution in [1.29, 1.82) is 0 Å². The van der Waals surface area contributed by atoms with Gasteiger partial charge >= 0.3 is 0 Å². The third kappa shape index (κ3) is 4.72. The van der Waals surface area contributed by atoms with Gasteiger partial charge in [-0.15, -0.1) is 0 Å². The number of sulfonamides is 1. The van der Waals surface area contributed by atoms with Crippen LogP contribution in [0.1, 0.15) is 27.0 Å². The molecule has 1 amide bonds. The number of para-hydroxylation sites is 2. The van der Waals surface area contributed by atoms with Crippen molar-refractivity contribution in [2.75, 3.05) is 18.5 Å². The first-order valence-electron chi connectivity index (χ1n) is 9.81. The van der Waals surface area contributed by atoms with Gasteiger partial charge in [0, 0.05) is 19.2 Å². The molecule has 3 aromatic rings. The van der Waals surface area contributed by atoms with Gasteiger partial charge in [-0.05, 0) is 54.8 Å². The van der Waals surface area contributed by atoms with Gasteiger partial charge in [0.15, 0.2) is 0 Å². The number of carbonyl (C=O) groups excluding carboxylic acids is 1. The molecule has 7 heteroatoms. The summed E-state index contributed by atoms with van der Waals surface area (Å²) in [6, 6.07) is 19.2. The summed E-state index contributed by atoms with van der Waals surface area (Å²) in [5.41, 5.74) is 3.52. The van der Waals surface area contributed by atoms with Crippen molar-refractivity contribution in [3.05, 3.63) is 89.0 Å². The highest BCUT2D eigenvalue weighted by Crippen LogP contribution is 2.31. The van der Waals surface area contributed by atoms with Gasteiger partial charge in [0.1, 0.15) is 5.75 Å². The van der Waals surface area contributed by atoms with Crippen LogP contribution in [0, 0.1) is 13.8 Å². The van der Waals surface area contributed by atoms with Crippen LogP contribution >= 0.6 is 0 Å². The van der Waals surface area contributed by atoms with Gasteiger partial charge in [-0.25, -0.2) is 8.42 Å². The summed E-state index contributed by atoms with van der Waals surface area (Å²) < 4.78 is 32.9. The van der Waals surface area contributed by atoms with E-state index in [1.54, 1.807) is 37.3 Å². The molecule has 3 rings (SSSR count). The number of methoxy groups -OCH3 is 1. The highest BCUT2D eigenvalue weighted by Gasteiger charge is 2.25. The smallest absolute Gasteiger partial charge is 0.264 e. The molecule has 0 heterocycles. The molecule has 3 aromatic carbocycles. The third-order valence-electron chi connectivity index (χ3n) is 5.24. The van der Waals surface area contributed by atoms with E-state index < -0.39 is 10.0 Å². The highest BCUT2D eigenvalue weighted by atomic mass is 32.2. The monoisotopic (exact) mass is 438 g/mol. The number of anilines is 1. The van der Waals surface area contributed by atoms with E-state index in [9.17, 15) is 13.2 Å². The quantitative estimate of drug-likeness (QED) is 0.603. The molecule has 0 spiro atoms. The predicted molar refractivity (Wildman–Crippen MR) is 122 cm³/mol. The summed E-state index contributed by atoms with van der Waals surface area (Å²) >= 11 is 0. The minimum atomic E-state index is -3.90. The molecule has 0 aliphatic carbocycles. The van der Waals surface area contributed by atoms with Crippen molar-refractivity contribution in [2.24, 2.45) is 0 Å². The lowest BCUT2D eigenvalue weighted by Crippen LogP contribution is -2.28. The molecule has 0 bridgehead atoms. The Kier molecular flexibility index (Phi) is 6.65. The van der Waals surface area contributed by atoms with Crippen molar-refractivity contribution in [3.8, 4) is 5.75 Å². The molecule has 0 fully saturated rings. The van der Waals surface area contributed by atoms with Gasteiger partial charge < -0.3 is 10.1 Å². The number of hydrogen-bond acceptors (Lipinski definition) is 4. The number of nitrogens with one attached hydrogen (secondary N) is 1.